The third kappa shape index (κ3) is 5.64. The highest BCUT2D eigenvalue weighted by molar-refractivity contribution is 7.80. The highest BCUT2D eigenvalue weighted by atomic mass is 35.5. The summed E-state index contributed by atoms with van der Waals surface area (Å²) in [6, 6.07) is 19.2. The number of nitrogens with zero attached hydrogens (tertiary/aromatic N) is 4. The van der Waals surface area contributed by atoms with E-state index >= 15 is 0 Å². The minimum Gasteiger partial charge on any atom is -0.316 e. The Balaban J connectivity index is 1.35. The van der Waals surface area contributed by atoms with Crippen LogP contribution in [0.15, 0.2) is 66.9 Å². The van der Waals surface area contributed by atoms with E-state index in [4.69, 9.17) is 35.4 Å². The van der Waals surface area contributed by atoms with Crippen LogP contribution in [0.3, 0.4) is 0 Å². The molecule has 0 aliphatic carbocycles. The molecule has 9 heteroatoms. The van der Waals surface area contributed by atoms with Crippen molar-refractivity contribution >= 4 is 52.2 Å². The first kappa shape index (κ1) is 21.4. The van der Waals surface area contributed by atoms with Crippen LogP contribution < -0.4 is 10.6 Å². The first-order valence-corrected chi connectivity index (χ1v) is 10.8. The second-order valence-corrected chi connectivity index (χ2v) is 8.28. The second kappa shape index (κ2) is 9.51. The van der Waals surface area contributed by atoms with E-state index < -0.39 is 0 Å². The molecule has 0 radical (unpaired) electrons. The number of anilines is 2. The van der Waals surface area contributed by atoms with Crippen LogP contribution in [0.5, 0.6) is 0 Å². The Morgan fingerprint density at radius 3 is 2.45 bits per heavy atom. The number of halogens is 2. The van der Waals surface area contributed by atoms with E-state index in [1.165, 1.54) is 0 Å². The average Bonchev–Trinajstić information content (AvgIpc) is 3.31. The van der Waals surface area contributed by atoms with Gasteiger partial charge in [0.15, 0.2) is 16.7 Å². The summed E-state index contributed by atoms with van der Waals surface area (Å²) < 4.78 is 3.71. The largest absolute Gasteiger partial charge is 0.316 e. The summed E-state index contributed by atoms with van der Waals surface area (Å²) in [5.74, 6) is 1.31. The van der Waals surface area contributed by atoms with E-state index in [1.54, 1.807) is 4.68 Å². The molecule has 0 fully saturated rings. The lowest BCUT2D eigenvalue weighted by atomic mass is 10.2. The molecule has 0 spiro atoms. The lowest BCUT2D eigenvalue weighted by molar-refractivity contribution is 0.668. The van der Waals surface area contributed by atoms with E-state index in [2.05, 4.69) is 20.8 Å². The monoisotopic (exact) mass is 470 g/mol. The Bertz CT molecular complexity index is 1200. The molecule has 2 aromatic heterocycles. The van der Waals surface area contributed by atoms with Crippen LogP contribution in [-0.2, 0) is 13.1 Å². The zero-order valence-corrected chi connectivity index (χ0v) is 19.0. The Morgan fingerprint density at radius 2 is 1.68 bits per heavy atom. The summed E-state index contributed by atoms with van der Waals surface area (Å²) in [6.07, 6.45) is 1.87. The molecule has 0 atom stereocenters. The summed E-state index contributed by atoms with van der Waals surface area (Å²) in [4.78, 5) is 0. The van der Waals surface area contributed by atoms with Crippen LogP contribution in [0.2, 0.25) is 10.0 Å². The fourth-order valence-electron chi connectivity index (χ4n) is 3.08. The molecule has 0 unspecified atom stereocenters. The highest BCUT2D eigenvalue weighted by Crippen LogP contribution is 2.17. The minimum atomic E-state index is 0.416. The average molecular weight is 471 g/mol. The molecule has 6 nitrogen and oxygen atoms in total. The van der Waals surface area contributed by atoms with Crippen LogP contribution in [0.25, 0.3) is 0 Å². The van der Waals surface area contributed by atoms with E-state index in [9.17, 15) is 0 Å². The predicted molar refractivity (Wildman–Crippen MR) is 130 cm³/mol. The zero-order chi connectivity index (χ0) is 21.8. The molecule has 0 aliphatic heterocycles. The van der Waals surface area contributed by atoms with Gasteiger partial charge in [0.1, 0.15) is 0 Å². The number of aryl methyl sites for hydroxylation is 1. The van der Waals surface area contributed by atoms with Gasteiger partial charge in [-0.1, -0.05) is 53.5 Å². The maximum absolute atomic E-state index is 6.23. The first-order valence-electron chi connectivity index (χ1n) is 9.60. The van der Waals surface area contributed by atoms with Gasteiger partial charge < -0.3 is 10.6 Å². The summed E-state index contributed by atoms with van der Waals surface area (Å²) in [7, 11) is 0. The molecular weight excluding hydrogens is 451 g/mol. The normalized spacial score (nSPS) is 10.8. The van der Waals surface area contributed by atoms with Gasteiger partial charge in [-0.05, 0) is 48.5 Å². The fourth-order valence-corrected chi connectivity index (χ4v) is 3.61. The van der Waals surface area contributed by atoms with Gasteiger partial charge in [0, 0.05) is 34.1 Å². The van der Waals surface area contributed by atoms with Gasteiger partial charge >= 0.3 is 0 Å². The van der Waals surface area contributed by atoms with Gasteiger partial charge in [0.2, 0.25) is 0 Å². The molecular formula is C22H20Cl2N6S. The second-order valence-electron chi connectivity index (χ2n) is 7.02. The van der Waals surface area contributed by atoms with Crippen molar-refractivity contribution in [2.75, 3.05) is 10.6 Å². The summed E-state index contributed by atoms with van der Waals surface area (Å²) >= 11 is 17.6. The Hall–Kier alpha value is -2.87. The molecule has 2 heterocycles. The number of aromatic nitrogens is 4. The van der Waals surface area contributed by atoms with Crippen LogP contribution in [0, 0.1) is 6.92 Å². The molecule has 0 aliphatic rings. The van der Waals surface area contributed by atoms with Crippen molar-refractivity contribution < 1.29 is 0 Å². The molecule has 0 saturated carbocycles. The molecule has 4 rings (SSSR count). The maximum atomic E-state index is 6.23. The molecule has 0 saturated heterocycles. The Labute approximate surface area is 195 Å². The number of thiocarbonyl (C=S) groups is 1. The van der Waals surface area contributed by atoms with E-state index in [-0.39, 0.29) is 0 Å². The topological polar surface area (TPSA) is 59.7 Å². The van der Waals surface area contributed by atoms with Crippen molar-refractivity contribution in [2.24, 2.45) is 0 Å². The molecule has 4 aromatic rings. The Morgan fingerprint density at radius 1 is 0.935 bits per heavy atom. The van der Waals surface area contributed by atoms with Crippen LogP contribution >= 0.6 is 35.4 Å². The van der Waals surface area contributed by atoms with Crippen molar-refractivity contribution in [3.05, 3.63) is 93.7 Å². The molecule has 2 N–H and O–H groups in total. The molecule has 2 aromatic carbocycles. The van der Waals surface area contributed by atoms with Crippen LogP contribution in [0.1, 0.15) is 16.8 Å². The maximum Gasteiger partial charge on any atom is 0.177 e. The zero-order valence-electron chi connectivity index (χ0n) is 16.7. The lowest BCUT2D eigenvalue weighted by Crippen LogP contribution is -2.20. The quantitative estimate of drug-likeness (QED) is 0.359. The van der Waals surface area contributed by atoms with Gasteiger partial charge in [-0.25, -0.2) is 0 Å². The summed E-state index contributed by atoms with van der Waals surface area (Å²) in [6.45, 7) is 3.23. The van der Waals surface area contributed by atoms with Gasteiger partial charge in [0.25, 0.3) is 0 Å². The van der Waals surface area contributed by atoms with Crippen LogP contribution in [0.4, 0.5) is 11.6 Å². The SMILES string of the molecule is Cc1cc(NC(=S)Nc2ccn(Cc3ccccc3Cl)n2)nn1Cc1ccc(Cl)cc1. The number of rotatable bonds is 6. The van der Waals surface area contributed by atoms with Gasteiger partial charge in [0.05, 0.1) is 13.1 Å². The van der Waals surface area contributed by atoms with Gasteiger partial charge in [-0.2, -0.15) is 10.2 Å². The highest BCUT2D eigenvalue weighted by Gasteiger charge is 2.09. The molecule has 0 bridgehead atoms. The van der Waals surface area contributed by atoms with Crippen molar-refractivity contribution in [3.63, 3.8) is 0 Å². The predicted octanol–water partition coefficient (Wildman–Crippen LogP) is 5.60. The van der Waals surface area contributed by atoms with Gasteiger partial charge in [-0.15, -0.1) is 0 Å². The van der Waals surface area contributed by atoms with E-state index in [0.717, 1.165) is 16.8 Å². The number of benzene rings is 2. The smallest absolute Gasteiger partial charge is 0.177 e. The molecule has 31 heavy (non-hydrogen) atoms. The number of nitrogens with one attached hydrogen (secondary N) is 2. The van der Waals surface area contributed by atoms with Crippen LogP contribution in [-0.4, -0.2) is 24.7 Å². The van der Waals surface area contributed by atoms with Gasteiger partial charge in [-0.3, -0.25) is 9.36 Å². The molecule has 158 valence electrons. The van der Waals surface area contributed by atoms with Crippen molar-refractivity contribution in [2.45, 2.75) is 20.0 Å². The lowest BCUT2D eigenvalue weighted by Gasteiger charge is -2.07. The van der Waals surface area contributed by atoms with Crippen molar-refractivity contribution in [1.82, 2.24) is 19.6 Å². The van der Waals surface area contributed by atoms with E-state index in [1.807, 2.05) is 78.5 Å². The third-order valence-electron chi connectivity index (χ3n) is 4.64. The Kier molecular flexibility index (Phi) is 6.56. The molecule has 0 amide bonds. The third-order valence-corrected chi connectivity index (χ3v) is 5.47. The summed E-state index contributed by atoms with van der Waals surface area (Å²) in [5, 5.41) is 17.1. The number of hydrogen-bond acceptors (Lipinski definition) is 3. The van der Waals surface area contributed by atoms with E-state index in [0.29, 0.717) is 39.9 Å². The number of hydrogen-bond donors (Lipinski definition) is 2. The minimum absolute atomic E-state index is 0.416. The first-order chi connectivity index (χ1) is 15.0. The van der Waals surface area contributed by atoms with Crippen molar-refractivity contribution in [3.8, 4) is 0 Å². The standard InChI is InChI=1S/C22H20Cl2N6S/c1-15-12-21(28-30(15)13-16-6-8-18(23)9-7-16)26-22(31)25-20-10-11-29(27-20)14-17-4-2-3-5-19(17)24/h2-12H,13-14H2,1H3,(H2,25,26,27,28,31). The van der Waals surface area contributed by atoms with Crippen molar-refractivity contribution in [1.29, 1.82) is 0 Å². The fraction of sp³-hybridized carbons (Fsp3) is 0.136. The summed E-state index contributed by atoms with van der Waals surface area (Å²) in [5.41, 5.74) is 3.14.